The number of nitrogens with one attached hydrogen (secondary N) is 1. The van der Waals surface area contributed by atoms with Crippen LogP contribution < -0.4 is 5.32 Å². The van der Waals surface area contributed by atoms with Crippen LogP contribution in [0, 0.1) is 0 Å². The van der Waals surface area contributed by atoms with Crippen molar-refractivity contribution in [1.82, 2.24) is 4.98 Å². The molecule has 1 amide bonds. The molecule has 1 N–H and O–H groups in total. The second-order valence-electron chi connectivity index (χ2n) is 4.78. The van der Waals surface area contributed by atoms with Gasteiger partial charge >= 0.3 is 5.97 Å². The lowest BCUT2D eigenvalue weighted by Gasteiger charge is -2.14. The molecule has 0 saturated heterocycles. The van der Waals surface area contributed by atoms with Gasteiger partial charge in [0.1, 0.15) is 5.03 Å². The molecule has 1 heterocycles. The van der Waals surface area contributed by atoms with Gasteiger partial charge in [0.2, 0.25) is 0 Å². The third-order valence-corrected chi connectivity index (χ3v) is 3.94. The van der Waals surface area contributed by atoms with E-state index in [0.29, 0.717) is 10.7 Å². The first-order valence-electron chi connectivity index (χ1n) is 7.04. The number of esters is 1. The summed E-state index contributed by atoms with van der Waals surface area (Å²) in [6.45, 7) is 1.37. The summed E-state index contributed by atoms with van der Waals surface area (Å²) < 4.78 is 30.1. The quantitative estimate of drug-likeness (QED) is 0.594. The molecule has 2 aromatic rings. The number of rotatable bonds is 6. The molecule has 0 aliphatic heterocycles. The molecule has 0 fully saturated rings. The van der Waals surface area contributed by atoms with Gasteiger partial charge in [-0.05, 0) is 55.1 Å². The molecule has 0 bridgehead atoms. The van der Waals surface area contributed by atoms with Crippen molar-refractivity contribution in [3.63, 3.8) is 0 Å². The largest absolute Gasteiger partial charge is 0.449 e. The van der Waals surface area contributed by atoms with Crippen LogP contribution in [0.1, 0.15) is 17.3 Å². The Morgan fingerprint density at radius 2 is 1.92 bits per heavy atom. The van der Waals surface area contributed by atoms with E-state index in [1.54, 1.807) is 24.3 Å². The lowest BCUT2D eigenvalue weighted by Crippen LogP contribution is -2.30. The van der Waals surface area contributed by atoms with Crippen LogP contribution in [0.25, 0.3) is 0 Å². The van der Waals surface area contributed by atoms with Crippen molar-refractivity contribution in [2.75, 3.05) is 5.32 Å². The summed E-state index contributed by atoms with van der Waals surface area (Å²) in [5.41, 5.74) is 0.353. The average Bonchev–Trinajstić information content (AvgIpc) is 2.56. The molecular formula is C16H13ClF2N2O3S. The van der Waals surface area contributed by atoms with Crippen molar-refractivity contribution in [2.45, 2.75) is 23.8 Å². The van der Waals surface area contributed by atoms with E-state index in [1.165, 1.54) is 25.3 Å². The average molecular weight is 387 g/mol. The Kier molecular flexibility index (Phi) is 6.72. The van der Waals surface area contributed by atoms with Gasteiger partial charge in [0, 0.05) is 16.9 Å². The second-order valence-corrected chi connectivity index (χ2v) is 6.19. The first kappa shape index (κ1) is 19.1. The molecule has 25 heavy (non-hydrogen) atoms. The Labute approximate surface area is 151 Å². The number of ether oxygens (including phenoxy) is 1. The van der Waals surface area contributed by atoms with Gasteiger partial charge in [-0.1, -0.05) is 11.6 Å². The molecule has 0 spiro atoms. The fourth-order valence-electron chi connectivity index (χ4n) is 1.78. The molecule has 9 heteroatoms. The molecule has 132 valence electrons. The van der Waals surface area contributed by atoms with E-state index in [0.717, 1.165) is 0 Å². The van der Waals surface area contributed by atoms with Crippen LogP contribution in [0.2, 0.25) is 5.02 Å². The zero-order valence-electron chi connectivity index (χ0n) is 12.9. The molecular weight excluding hydrogens is 374 g/mol. The maximum atomic E-state index is 12.5. The van der Waals surface area contributed by atoms with Gasteiger partial charge in [0.15, 0.2) is 6.10 Å². The molecule has 5 nitrogen and oxygen atoms in total. The van der Waals surface area contributed by atoms with E-state index >= 15 is 0 Å². The molecule has 1 aromatic carbocycles. The highest BCUT2D eigenvalue weighted by molar-refractivity contribution is 7.99. The van der Waals surface area contributed by atoms with Gasteiger partial charge in [-0.2, -0.15) is 8.78 Å². The summed E-state index contributed by atoms with van der Waals surface area (Å²) >= 11 is 5.89. The van der Waals surface area contributed by atoms with E-state index < -0.39 is 23.7 Å². The van der Waals surface area contributed by atoms with Crippen molar-refractivity contribution >= 4 is 40.9 Å². The first-order chi connectivity index (χ1) is 11.9. The van der Waals surface area contributed by atoms with Gasteiger partial charge in [-0.25, -0.2) is 9.78 Å². The van der Waals surface area contributed by atoms with Crippen molar-refractivity contribution in [1.29, 1.82) is 0 Å². The van der Waals surface area contributed by atoms with E-state index in [2.05, 4.69) is 10.3 Å². The molecule has 0 aliphatic carbocycles. The van der Waals surface area contributed by atoms with Gasteiger partial charge in [0.05, 0.1) is 5.56 Å². The molecule has 1 atom stereocenters. The highest BCUT2D eigenvalue weighted by Gasteiger charge is 2.23. The summed E-state index contributed by atoms with van der Waals surface area (Å²) in [6.07, 6.45) is 0.158. The van der Waals surface area contributed by atoms with Gasteiger partial charge in [-0.3, -0.25) is 4.79 Å². The summed E-state index contributed by atoms with van der Waals surface area (Å²) in [7, 11) is 0. The summed E-state index contributed by atoms with van der Waals surface area (Å²) in [4.78, 5) is 27.9. The predicted molar refractivity (Wildman–Crippen MR) is 91.1 cm³/mol. The monoisotopic (exact) mass is 386 g/mol. The number of carbonyl (C=O) groups is 2. The number of benzene rings is 1. The van der Waals surface area contributed by atoms with E-state index in [-0.39, 0.29) is 22.4 Å². The number of halogens is 3. The number of alkyl halides is 2. The Morgan fingerprint density at radius 3 is 2.56 bits per heavy atom. The SMILES string of the molecule is C[C@@H](OC(=O)c1cccnc1SC(F)F)C(=O)Nc1ccc(Cl)cc1. The fraction of sp³-hybridized carbons (Fsp3) is 0.188. The number of aromatic nitrogens is 1. The van der Waals surface area contributed by atoms with Crippen LogP contribution in [0.3, 0.4) is 0 Å². The van der Waals surface area contributed by atoms with Crippen molar-refractivity contribution < 1.29 is 23.1 Å². The highest BCUT2D eigenvalue weighted by Crippen LogP contribution is 2.27. The summed E-state index contributed by atoms with van der Waals surface area (Å²) in [5.74, 6) is -4.20. The van der Waals surface area contributed by atoms with Crippen LogP contribution in [-0.4, -0.2) is 28.7 Å². The molecule has 0 aliphatic rings. The Morgan fingerprint density at radius 1 is 1.24 bits per heavy atom. The molecule has 0 radical (unpaired) electrons. The van der Waals surface area contributed by atoms with Crippen LogP contribution in [-0.2, 0) is 9.53 Å². The van der Waals surface area contributed by atoms with Crippen molar-refractivity contribution in [3.05, 3.63) is 53.2 Å². The number of thioether (sulfide) groups is 1. The minimum atomic E-state index is -2.73. The number of hydrogen-bond donors (Lipinski definition) is 1. The molecule has 1 aromatic heterocycles. The standard InChI is InChI=1S/C16H13ClF2N2O3S/c1-9(13(22)21-11-6-4-10(17)5-7-11)24-15(23)12-3-2-8-20-14(12)25-16(18)19/h2-9,16H,1H3,(H,21,22)/t9-/m1/s1. The van der Waals surface area contributed by atoms with Crippen LogP contribution in [0.5, 0.6) is 0 Å². The predicted octanol–water partition coefficient (Wildman–Crippen LogP) is 4.23. The Hall–Kier alpha value is -2.19. The van der Waals surface area contributed by atoms with E-state index in [9.17, 15) is 18.4 Å². The lowest BCUT2D eigenvalue weighted by molar-refractivity contribution is -0.123. The maximum Gasteiger partial charge on any atom is 0.341 e. The smallest absolute Gasteiger partial charge is 0.341 e. The van der Waals surface area contributed by atoms with E-state index in [1.807, 2.05) is 0 Å². The number of nitrogens with zero attached hydrogens (tertiary/aromatic N) is 1. The van der Waals surface area contributed by atoms with Gasteiger partial charge in [-0.15, -0.1) is 0 Å². The van der Waals surface area contributed by atoms with E-state index in [4.69, 9.17) is 16.3 Å². The highest BCUT2D eigenvalue weighted by atomic mass is 35.5. The van der Waals surface area contributed by atoms with Crippen LogP contribution >= 0.6 is 23.4 Å². The summed E-state index contributed by atoms with van der Waals surface area (Å²) in [5, 5.41) is 2.91. The minimum absolute atomic E-state index is 0.126. The normalized spacial score (nSPS) is 11.9. The topological polar surface area (TPSA) is 68.3 Å². The number of carbonyl (C=O) groups excluding carboxylic acids is 2. The van der Waals surface area contributed by atoms with Crippen LogP contribution in [0.4, 0.5) is 14.5 Å². The van der Waals surface area contributed by atoms with Crippen LogP contribution in [0.15, 0.2) is 47.6 Å². The van der Waals surface area contributed by atoms with Crippen molar-refractivity contribution in [3.8, 4) is 0 Å². The zero-order valence-corrected chi connectivity index (χ0v) is 14.5. The van der Waals surface area contributed by atoms with Crippen molar-refractivity contribution in [2.24, 2.45) is 0 Å². The number of pyridine rings is 1. The second kappa shape index (κ2) is 8.77. The maximum absolute atomic E-state index is 12.5. The lowest BCUT2D eigenvalue weighted by atomic mass is 10.2. The molecule has 0 unspecified atom stereocenters. The molecule has 2 rings (SSSR count). The zero-order chi connectivity index (χ0) is 18.4. The molecule has 0 saturated carbocycles. The van der Waals surface area contributed by atoms with Gasteiger partial charge < -0.3 is 10.1 Å². The Balaban J connectivity index is 2.02. The number of anilines is 1. The minimum Gasteiger partial charge on any atom is -0.449 e. The first-order valence-corrected chi connectivity index (χ1v) is 8.30. The number of amides is 1. The third-order valence-electron chi connectivity index (χ3n) is 2.96. The third kappa shape index (κ3) is 5.68. The Bertz CT molecular complexity index is 759. The number of hydrogen-bond acceptors (Lipinski definition) is 5. The summed E-state index contributed by atoms with van der Waals surface area (Å²) in [6, 6.07) is 9.10. The van der Waals surface area contributed by atoms with Gasteiger partial charge in [0.25, 0.3) is 11.7 Å². The fourth-order valence-corrected chi connectivity index (χ4v) is 2.47.